The van der Waals surface area contributed by atoms with E-state index in [1.807, 2.05) is 54.6 Å². The van der Waals surface area contributed by atoms with Crippen molar-refractivity contribution in [2.24, 2.45) is 0 Å². The van der Waals surface area contributed by atoms with E-state index in [9.17, 15) is 4.79 Å². The number of fused-ring (bicyclic) bond motifs is 1. The van der Waals surface area contributed by atoms with Gasteiger partial charge in [0.2, 0.25) is 5.91 Å². The SMILES string of the molecule is O=C(CCCOc1ccccc1Sc1ccc2c(C=Cc3ccccn3)n[nH]c2c1)NO. The van der Waals surface area contributed by atoms with Gasteiger partial charge in [0.05, 0.1) is 28.4 Å². The zero-order chi connectivity index (χ0) is 22.2. The molecule has 0 fully saturated rings. The number of hydrogen-bond donors (Lipinski definition) is 3. The molecule has 0 saturated carbocycles. The van der Waals surface area contributed by atoms with Crippen LogP contribution >= 0.6 is 11.8 Å². The molecular weight excluding hydrogens is 424 g/mol. The second kappa shape index (κ2) is 10.6. The fourth-order valence-corrected chi connectivity index (χ4v) is 4.04. The molecule has 4 aromatic rings. The minimum atomic E-state index is -0.418. The number of rotatable bonds is 9. The van der Waals surface area contributed by atoms with Crippen molar-refractivity contribution in [1.29, 1.82) is 0 Å². The van der Waals surface area contributed by atoms with E-state index in [1.54, 1.807) is 23.4 Å². The summed E-state index contributed by atoms with van der Waals surface area (Å²) in [6.45, 7) is 0.385. The average molecular weight is 447 g/mol. The van der Waals surface area contributed by atoms with E-state index < -0.39 is 5.91 Å². The highest BCUT2D eigenvalue weighted by Crippen LogP contribution is 2.36. The number of nitrogens with one attached hydrogen (secondary N) is 2. The molecule has 162 valence electrons. The zero-order valence-electron chi connectivity index (χ0n) is 17.2. The number of aromatic amines is 1. The molecule has 1 amide bonds. The monoisotopic (exact) mass is 446 g/mol. The van der Waals surface area contributed by atoms with Crippen LogP contribution in [-0.4, -0.2) is 32.9 Å². The van der Waals surface area contributed by atoms with Crippen LogP contribution in [0.3, 0.4) is 0 Å². The quantitative estimate of drug-likeness (QED) is 0.191. The van der Waals surface area contributed by atoms with E-state index in [0.717, 1.165) is 37.8 Å². The van der Waals surface area contributed by atoms with Gasteiger partial charge in [-0.3, -0.25) is 20.1 Å². The Hall–Kier alpha value is -3.62. The van der Waals surface area contributed by atoms with Gasteiger partial charge in [0.1, 0.15) is 5.75 Å². The Bertz CT molecular complexity index is 1220. The molecule has 0 aliphatic heterocycles. The molecule has 2 heterocycles. The third-order valence-electron chi connectivity index (χ3n) is 4.67. The number of aromatic nitrogens is 3. The molecule has 0 atom stereocenters. The van der Waals surface area contributed by atoms with Gasteiger partial charge in [-0.25, -0.2) is 5.48 Å². The molecule has 0 aliphatic rings. The number of hydrogen-bond acceptors (Lipinski definition) is 6. The summed E-state index contributed by atoms with van der Waals surface area (Å²) < 4.78 is 5.85. The van der Waals surface area contributed by atoms with Crippen LogP contribution in [0.15, 0.2) is 76.7 Å². The number of amides is 1. The van der Waals surface area contributed by atoms with Crippen molar-refractivity contribution in [3.05, 3.63) is 78.2 Å². The number of H-pyrrole nitrogens is 1. The van der Waals surface area contributed by atoms with E-state index >= 15 is 0 Å². The first-order chi connectivity index (χ1) is 15.7. The van der Waals surface area contributed by atoms with Gasteiger partial charge in [-0.15, -0.1) is 0 Å². The Labute approximate surface area is 189 Å². The van der Waals surface area contributed by atoms with Crippen molar-refractivity contribution in [3.63, 3.8) is 0 Å². The Morgan fingerprint density at radius 1 is 1.12 bits per heavy atom. The number of para-hydroxylation sites is 1. The molecule has 2 aromatic heterocycles. The van der Waals surface area contributed by atoms with Crippen molar-refractivity contribution in [3.8, 4) is 5.75 Å². The van der Waals surface area contributed by atoms with Crippen LogP contribution in [-0.2, 0) is 4.79 Å². The Balaban J connectivity index is 1.45. The number of carbonyl (C=O) groups excluding carboxylic acids is 1. The van der Waals surface area contributed by atoms with E-state index in [-0.39, 0.29) is 6.42 Å². The van der Waals surface area contributed by atoms with Crippen molar-refractivity contribution in [1.82, 2.24) is 20.7 Å². The summed E-state index contributed by atoms with van der Waals surface area (Å²) in [7, 11) is 0. The van der Waals surface area contributed by atoms with E-state index in [4.69, 9.17) is 9.94 Å². The first-order valence-electron chi connectivity index (χ1n) is 10.1. The molecule has 3 N–H and O–H groups in total. The standard InChI is InChI=1S/C24H22N4O3S/c29-24(28-30)9-5-15-31-22-7-1-2-8-23(22)32-18-11-12-19-20(26-27-21(19)16-18)13-10-17-6-3-4-14-25-17/h1-4,6-8,10-14,16,30H,5,9,15H2,(H,26,27)(H,28,29). The van der Waals surface area contributed by atoms with Crippen molar-refractivity contribution in [2.75, 3.05) is 6.61 Å². The number of nitrogens with zero attached hydrogens (tertiary/aromatic N) is 2. The second-order valence-corrected chi connectivity index (χ2v) is 8.06. The van der Waals surface area contributed by atoms with Crippen molar-refractivity contribution < 1.29 is 14.7 Å². The molecule has 0 saturated heterocycles. The normalized spacial score (nSPS) is 11.2. The van der Waals surface area contributed by atoms with Crippen molar-refractivity contribution in [2.45, 2.75) is 22.6 Å². The summed E-state index contributed by atoms with van der Waals surface area (Å²) >= 11 is 1.60. The maximum Gasteiger partial charge on any atom is 0.243 e. The number of ether oxygens (including phenoxy) is 1. The highest BCUT2D eigenvalue weighted by molar-refractivity contribution is 7.99. The van der Waals surface area contributed by atoms with Gasteiger partial charge in [-0.1, -0.05) is 30.0 Å². The smallest absolute Gasteiger partial charge is 0.243 e. The minimum absolute atomic E-state index is 0.208. The number of carbonyl (C=O) groups is 1. The topological polar surface area (TPSA) is 100 Å². The second-order valence-electron chi connectivity index (χ2n) is 6.94. The molecule has 32 heavy (non-hydrogen) atoms. The lowest BCUT2D eigenvalue weighted by Crippen LogP contribution is -2.18. The lowest BCUT2D eigenvalue weighted by molar-refractivity contribution is -0.129. The Morgan fingerprint density at radius 2 is 2.00 bits per heavy atom. The van der Waals surface area contributed by atoms with E-state index in [0.29, 0.717) is 13.0 Å². The molecule has 4 rings (SSSR count). The molecular formula is C24H22N4O3S. The van der Waals surface area contributed by atoms with Gasteiger partial charge in [0, 0.05) is 22.9 Å². The predicted molar refractivity (Wildman–Crippen MR) is 124 cm³/mol. The third kappa shape index (κ3) is 5.54. The molecule has 7 nitrogen and oxygen atoms in total. The lowest BCUT2D eigenvalue weighted by atomic mass is 10.2. The Morgan fingerprint density at radius 3 is 2.84 bits per heavy atom. The fraction of sp³-hybridized carbons (Fsp3) is 0.125. The fourth-order valence-electron chi connectivity index (χ4n) is 3.10. The predicted octanol–water partition coefficient (Wildman–Crippen LogP) is 4.94. The van der Waals surface area contributed by atoms with Gasteiger partial charge in [-0.05, 0) is 61.0 Å². The molecule has 0 spiro atoms. The maximum absolute atomic E-state index is 11.1. The summed E-state index contributed by atoms with van der Waals surface area (Å²) in [6.07, 6.45) is 6.38. The van der Waals surface area contributed by atoms with E-state index in [1.165, 1.54) is 0 Å². The average Bonchev–Trinajstić information content (AvgIpc) is 3.24. The molecule has 0 aliphatic carbocycles. The zero-order valence-corrected chi connectivity index (χ0v) is 18.0. The maximum atomic E-state index is 11.1. The van der Waals surface area contributed by atoms with Crippen molar-refractivity contribution >= 4 is 40.7 Å². The summed E-state index contributed by atoms with van der Waals surface area (Å²) in [5, 5.41) is 17.1. The van der Waals surface area contributed by atoms with Crippen LogP contribution in [0.5, 0.6) is 5.75 Å². The highest BCUT2D eigenvalue weighted by atomic mass is 32.2. The minimum Gasteiger partial charge on any atom is -0.492 e. The van der Waals surface area contributed by atoms with Crippen LogP contribution in [0.1, 0.15) is 24.2 Å². The van der Waals surface area contributed by atoms with Crippen LogP contribution < -0.4 is 10.2 Å². The van der Waals surface area contributed by atoms with Gasteiger partial charge in [0.15, 0.2) is 0 Å². The molecule has 2 aromatic carbocycles. The summed E-state index contributed by atoms with van der Waals surface area (Å²) in [5.41, 5.74) is 4.31. The van der Waals surface area contributed by atoms with Crippen LogP contribution in [0.25, 0.3) is 23.1 Å². The van der Waals surface area contributed by atoms with Crippen LogP contribution in [0.4, 0.5) is 0 Å². The highest BCUT2D eigenvalue weighted by Gasteiger charge is 2.09. The Kier molecular flexibility index (Phi) is 7.16. The first-order valence-corrected chi connectivity index (χ1v) is 10.9. The number of benzene rings is 2. The van der Waals surface area contributed by atoms with Crippen LogP contribution in [0.2, 0.25) is 0 Å². The van der Waals surface area contributed by atoms with Crippen LogP contribution in [0, 0.1) is 0 Å². The molecule has 8 heteroatoms. The van der Waals surface area contributed by atoms with E-state index in [2.05, 4.69) is 33.4 Å². The van der Waals surface area contributed by atoms with Gasteiger partial charge < -0.3 is 4.74 Å². The number of pyridine rings is 1. The summed E-state index contributed by atoms with van der Waals surface area (Å²) in [6, 6.07) is 19.7. The summed E-state index contributed by atoms with van der Waals surface area (Å²) in [4.78, 5) is 17.4. The number of hydroxylamine groups is 1. The molecule has 0 unspecified atom stereocenters. The van der Waals surface area contributed by atoms with Gasteiger partial charge in [0.25, 0.3) is 0 Å². The third-order valence-corrected chi connectivity index (χ3v) is 5.72. The van der Waals surface area contributed by atoms with Gasteiger partial charge in [-0.2, -0.15) is 5.10 Å². The molecule has 0 bridgehead atoms. The first kappa shape index (κ1) is 21.6. The summed E-state index contributed by atoms with van der Waals surface area (Å²) in [5.74, 6) is 0.337. The van der Waals surface area contributed by atoms with Gasteiger partial charge >= 0.3 is 0 Å². The molecule has 0 radical (unpaired) electrons. The largest absolute Gasteiger partial charge is 0.492 e. The lowest BCUT2D eigenvalue weighted by Gasteiger charge is -2.11.